The van der Waals surface area contributed by atoms with E-state index >= 15 is 0 Å². The molecule has 4 rings (SSSR count). The lowest BCUT2D eigenvalue weighted by Crippen LogP contribution is -2.33. The van der Waals surface area contributed by atoms with Gasteiger partial charge in [-0.3, -0.25) is 10.8 Å². The maximum Gasteiger partial charge on any atom is 0.224 e. The first kappa shape index (κ1) is 18.4. The number of nitrogens with one attached hydrogen (secondary N) is 3. The molecule has 2 aromatic rings. The second kappa shape index (κ2) is 7.59. The van der Waals surface area contributed by atoms with E-state index in [0.29, 0.717) is 5.56 Å². The Balaban J connectivity index is 1.55. The van der Waals surface area contributed by atoms with Gasteiger partial charge in [0.05, 0.1) is 5.56 Å². The third-order valence-corrected chi connectivity index (χ3v) is 5.63. The quantitative estimate of drug-likeness (QED) is 0.485. The predicted octanol–water partition coefficient (Wildman–Crippen LogP) is 2.64. The number of benzene rings is 1. The Bertz CT molecular complexity index is 919. The zero-order chi connectivity index (χ0) is 19.7. The van der Waals surface area contributed by atoms with Crippen molar-refractivity contribution in [2.45, 2.75) is 19.3 Å². The van der Waals surface area contributed by atoms with Crippen molar-refractivity contribution in [3.63, 3.8) is 0 Å². The van der Waals surface area contributed by atoms with Gasteiger partial charge >= 0.3 is 0 Å². The number of hydrogen-bond acceptors (Lipinski definition) is 7. The van der Waals surface area contributed by atoms with Gasteiger partial charge in [-0.15, -0.1) is 0 Å². The van der Waals surface area contributed by atoms with Crippen LogP contribution in [-0.4, -0.2) is 43.5 Å². The summed E-state index contributed by atoms with van der Waals surface area (Å²) in [6, 6.07) is 8.21. The van der Waals surface area contributed by atoms with Crippen LogP contribution in [0.25, 0.3) is 11.1 Å². The van der Waals surface area contributed by atoms with E-state index < -0.39 is 0 Å². The standard InChI is InChI=1S/C21H26N6O/c1-27-9-6-15-10-14(2-3-18(15)27)16-11-17(19(22)26-12-16)21(24)28-20(23)13-4-7-25-8-5-13/h2-3,10-13,23-25H,4-9H2,1H3,(H2,22,26). The second-order valence-corrected chi connectivity index (χ2v) is 7.49. The normalized spacial score (nSPS) is 16.7. The fourth-order valence-corrected chi connectivity index (χ4v) is 3.89. The summed E-state index contributed by atoms with van der Waals surface area (Å²) in [5.41, 5.74) is 11.0. The number of hydrogen-bond donors (Lipinski definition) is 4. The fraction of sp³-hybridized carbons (Fsp3) is 0.381. The Hall–Kier alpha value is -2.93. The van der Waals surface area contributed by atoms with Crippen molar-refractivity contribution >= 4 is 23.3 Å². The summed E-state index contributed by atoms with van der Waals surface area (Å²) in [5.74, 6) is 0.313. The van der Waals surface area contributed by atoms with E-state index in [1.165, 1.54) is 11.3 Å². The van der Waals surface area contributed by atoms with E-state index in [4.69, 9.17) is 21.3 Å². The van der Waals surface area contributed by atoms with Crippen molar-refractivity contribution in [3.05, 3.63) is 41.6 Å². The summed E-state index contributed by atoms with van der Waals surface area (Å²) in [4.78, 5) is 6.52. The SMILES string of the molecule is CN1CCc2cc(-c3cnc(N)c(C(=N)OC(=N)C4CCNCC4)c3)ccc21. The smallest absolute Gasteiger partial charge is 0.224 e. The molecule has 2 aliphatic rings. The lowest BCUT2D eigenvalue weighted by atomic mass is 9.98. The van der Waals surface area contributed by atoms with Gasteiger partial charge in [-0.1, -0.05) is 6.07 Å². The molecule has 3 heterocycles. The van der Waals surface area contributed by atoms with E-state index in [1.54, 1.807) is 6.20 Å². The first-order valence-electron chi connectivity index (χ1n) is 9.69. The minimum absolute atomic E-state index is 0.0488. The van der Waals surface area contributed by atoms with Crippen molar-refractivity contribution in [2.75, 3.05) is 37.3 Å². The van der Waals surface area contributed by atoms with Crippen LogP contribution in [0.1, 0.15) is 24.0 Å². The molecule has 0 bridgehead atoms. The predicted molar refractivity (Wildman–Crippen MR) is 112 cm³/mol. The molecule has 0 amide bonds. The van der Waals surface area contributed by atoms with Crippen molar-refractivity contribution in [2.24, 2.45) is 5.92 Å². The van der Waals surface area contributed by atoms with Crippen LogP contribution < -0.4 is 16.0 Å². The molecule has 2 aliphatic heterocycles. The van der Waals surface area contributed by atoms with Crippen LogP contribution in [0.3, 0.4) is 0 Å². The number of aromatic nitrogens is 1. The van der Waals surface area contributed by atoms with Crippen molar-refractivity contribution in [3.8, 4) is 11.1 Å². The highest BCUT2D eigenvalue weighted by molar-refractivity contribution is 6.03. The number of anilines is 2. The molecule has 0 spiro atoms. The molecule has 0 saturated carbocycles. The van der Waals surface area contributed by atoms with E-state index in [1.807, 2.05) is 6.07 Å². The molecule has 1 fully saturated rings. The monoisotopic (exact) mass is 378 g/mol. The highest BCUT2D eigenvalue weighted by Crippen LogP contribution is 2.32. The van der Waals surface area contributed by atoms with Gasteiger partial charge in [0.15, 0.2) is 5.90 Å². The van der Waals surface area contributed by atoms with Gasteiger partial charge in [0.25, 0.3) is 0 Å². The zero-order valence-electron chi connectivity index (χ0n) is 16.1. The van der Waals surface area contributed by atoms with Gasteiger partial charge in [-0.2, -0.15) is 0 Å². The largest absolute Gasteiger partial charge is 0.425 e. The minimum Gasteiger partial charge on any atom is -0.425 e. The highest BCUT2D eigenvalue weighted by atomic mass is 16.5. The fourth-order valence-electron chi connectivity index (χ4n) is 3.89. The topological polar surface area (TPSA) is 111 Å². The lowest BCUT2D eigenvalue weighted by molar-refractivity contribution is 0.392. The molecule has 0 aliphatic carbocycles. The third-order valence-electron chi connectivity index (χ3n) is 5.63. The van der Waals surface area contributed by atoms with Crippen LogP contribution in [0, 0.1) is 16.7 Å². The maximum atomic E-state index is 8.32. The van der Waals surface area contributed by atoms with Crippen LogP contribution in [0.15, 0.2) is 30.5 Å². The average Bonchev–Trinajstić information content (AvgIpc) is 3.09. The molecule has 5 N–H and O–H groups in total. The van der Waals surface area contributed by atoms with E-state index in [9.17, 15) is 0 Å². The Kier molecular flexibility index (Phi) is 5.00. The number of nitrogens with zero attached hydrogens (tertiary/aromatic N) is 2. The van der Waals surface area contributed by atoms with Gasteiger partial charge in [0.2, 0.25) is 5.90 Å². The second-order valence-electron chi connectivity index (χ2n) is 7.49. The van der Waals surface area contributed by atoms with Crippen LogP contribution in [0.5, 0.6) is 0 Å². The number of nitrogen functional groups attached to an aromatic ring is 1. The summed E-state index contributed by atoms with van der Waals surface area (Å²) < 4.78 is 5.55. The van der Waals surface area contributed by atoms with Gasteiger partial charge in [0.1, 0.15) is 5.82 Å². The summed E-state index contributed by atoms with van der Waals surface area (Å²) in [6.45, 7) is 2.77. The molecule has 0 atom stereocenters. The molecule has 146 valence electrons. The van der Waals surface area contributed by atoms with Crippen LogP contribution >= 0.6 is 0 Å². The van der Waals surface area contributed by atoms with Gasteiger partial charge < -0.3 is 20.7 Å². The molecule has 0 unspecified atom stereocenters. The van der Waals surface area contributed by atoms with Crippen molar-refractivity contribution < 1.29 is 4.74 Å². The van der Waals surface area contributed by atoms with Gasteiger partial charge in [-0.25, -0.2) is 4.98 Å². The Labute approximate surface area is 164 Å². The molecule has 0 radical (unpaired) electrons. The molecular formula is C21H26N6O. The molecule has 7 heteroatoms. The highest BCUT2D eigenvalue weighted by Gasteiger charge is 2.22. The summed E-state index contributed by atoms with van der Waals surface area (Å²) >= 11 is 0. The number of pyridine rings is 1. The molecule has 1 saturated heterocycles. The van der Waals surface area contributed by atoms with Crippen LogP contribution in [0.4, 0.5) is 11.5 Å². The van der Waals surface area contributed by atoms with Gasteiger partial charge in [0, 0.05) is 37.0 Å². The maximum absolute atomic E-state index is 8.32. The van der Waals surface area contributed by atoms with Crippen LogP contribution in [-0.2, 0) is 11.2 Å². The molecule has 1 aromatic carbocycles. The number of nitrogens with two attached hydrogens (primary N) is 1. The Morgan fingerprint density at radius 2 is 2.00 bits per heavy atom. The van der Waals surface area contributed by atoms with Gasteiger partial charge in [-0.05, 0) is 61.7 Å². The Morgan fingerprint density at radius 3 is 2.79 bits per heavy atom. The zero-order valence-corrected chi connectivity index (χ0v) is 16.1. The first-order valence-corrected chi connectivity index (χ1v) is 9.69. The van der Waals surface area contributed by atoms with E-state index in [0.717, 1.165) is 50.0 Å². The molecule has 28 heavy (non-hydrogen) atoms. The first-order chi connectivity index (χ1) is 13.5. The third kappa shape index (κ3) is 3.57. The van der Waals surface area contributed by atoms with Crippen molar-refractivity contribution in [1.82, 2.24) is 10.3 Å². The Morgan fingerprint density at radius 1 is 1.21 bits per heavy atom. The lowest BCUT2D eigenvalue weighted by Gasteiger charge is -2.23. The molecule has 1 aromatic heterocycles. The number of likely N-dealkylation sites (N-methyl/N-ethyl adjacent to an activating group) is 1. The average molecular weight is 378 g/mol. The van der Waals surface area contributed by atoms with Crippen molar-refractivity contribution in [1.29, 1.82) is 10.8 Å². The summed E-state index contributed by atoms with van der Waals surface area (Å²) in [5, 5.41) is 19.8. The summed E-state index contributed by atoms with van der Waals surface area (Å²) in [7, 11) is 2.10. The summed E-state index contributed by atoms with van der Waals surface area (Å²) in [6.07, 6.45) is 4.46. The minimum atomic E-state index is -0.115. The molecule has 7 nitrogen and oxygen atoms in total. The molecular weight excluding hydrogens is 352 g/mol. The number of ether oxygens (including phenoxy) is 1. The number of rotatable bonds is 3. The van der Waals surface area contributed by atoms with Crippen LogP contribution in [0.2, 0.25) is 0 Å². The number of fused-ring (bicyclic) bond motifs is 1. The van der Waals surface area contributed by atoms with E-state index in [2.05, 4.69) is 40.4 Å². The number of piperidine rings is 1. The van der Waals surface area contributed by atoms with E-state index in [-0.39, 0.29) is 23.5 Å².